The van der Waals surface area contributed by atoms with Crippen molar-refractivity contribution in [1.82, 2.24) is 10.0 Å². The van der Waals surface area contributed by atoms with Crippen LogP contribution in [0.1, 0.15) is 19.3 Å². The number of rotatable bonds is 3. The maximum atomic E-state index is 10.9. The van der Waals surface area contributed by atoms with Crippen LogP contribution in [-0.4, -0.2) is 51.6 Å². The van der Waals surface area contributed by atoms with Crippen LogP contribution >= 0.6 is 0 Å². The van der Waals surface area contributed by atoms with E-state index < -0.39 is 22.2 Å². The number of hydrogen-bond acceptors (Lipinski definition) is 4. The molecular formula is C11H19F3N2O4S. The standard InChI is InChI=1S/C9H18N2O2S.C2HF3O2/c1-14(12,13)11-7-8-6-9(8)2-4-10-5-3-9;3-2(4,5)1(6)7/h8,10-11H,2-7H2,1H3;(H,6,7). The molecule has 124 valence electrons. The molecule has 0 radical (unpaired) electrons. The molecule has 2 fully saturated rings. The topological polar surface area (TPSA) is 95.5 Å². The number of sulfonamides is 1. The number of halogens is 3. The van der Waals surface area contributed by atoms with Gasteiger partial charge in [-0.1, -0.05) is 0 Å². The Kier molecular flexibility index (Phi) is 5.62. The van der Waals surface area contributed by atoms with E-state index >= 15 is 0 Å². The molecule has 0 bridgehead atoms. The van der Waals surface area contributed by atoms with Crippen LogP contribution in [0.25, 0.3) is 0 Å². The van der Waals surface area contributed by atoms with Crippen molar-refractivity contribution in [3.8, 4) is 0 Å². The van der Waals surface area contributed by atoms with Gasteiger partial charge in [-0.3, -0.25) is 0 Å². The monoisotopic (exact) mass is 332 g/mol. The summed E-state index contributed by atoms with van der Waals surface area (Å²) in [7, 11) is -3.00. The molecule has 1 unspecified atom stereocenters. The molecule has 1 heterocycles. The van der Waals surface area contributed by atoms with E-state index in [9.17, 15) is 21.6 Å². The largest absolute Gasteiger partial charge is 0.490 e. The first kappa shape index (κ1) is 18.2. The summed E-state index contributed by atoms with van der Waals surface area (Å²) in [5.41, 5.74) is 0.475. The molecule has 21 heavy (non-hydrogen) atoms. The van der Waals surface area contributed by atoms with Crippen molar-refractivity contribution in [2.24, 2.45) is 11.3 Å². The van der Waals surface area contributed by atoms with Crippen LogP contribution in [0.15, 0.2) is 0 Å². The molecule has 1 aliphatic carbocycles. The lowest BCUT2D eigenvalue weighted by molar-refractivity contribution is -0.192. The van der Waals surface area contributed by atoms with Crippen LogP contribution in [0.4, 0.5) is 13.2 Å². The van der Waals surface area contributed by atoms with Crippen molar-refractivity contribution in [3.63, 3.8) is 0 Å². The van der Waals surface area contributed by atoms with Gasteiger partial charge >= 0.3 is 12.1 Å². The van der Waals surface area contributed by atoms with Crippen molar-refractivity contribution in [2.45, 2.75) is 25.4 Å². The normalized spacial score (nSPS) is 24.1. The first-order valence-corrected chi connectivity index (χ1v) is 8.31. The van der Waals surface area contributed by atoms with E-state index in [4.69, 9.17) is 9.90 Å². The molecule has 1 aliphatic heterocycles. The predicted octanol–water partition coefficient (Wildman–Crippen LogP) is 0.559. The van der Waals surface area contributed by atoms with E-state index in [1.54, 1.807) is 0 Å². The Balaban J connectivity index is 0.000000270. The van der Waals surface area contributed by atoms with Crippen LogP contribution in [-0.2, 0) is 14.8 Å². The second-order valence-corrected chi connectivity index (χ2v) is 7.27. The van der Waals surface area contributed by atoms with Crippen LogP contribution in [0.3, 0.4) is 0 Å². The molecule has 2 aliphatic rings. The Bertz CT molecular complexity index is 472. The molecule has 0 amide bonds. The second-order valence-electron chi connectivity index (χ2n) is 5.44. The van der Waals surface area contributed by atoms with Crippen molar-refractivity contribution in [3.05, 3.63) is 0 Å². The minimum atomic E-state index is -5.08. The minimum absolute atomic E-state index is 0.475. The molecule has 1 atom stereocenters. The lowest BCUT2D eigenvalue weighted by atomic mass is 9.92. The molecule has 2 rings (SSSR count). The highest BCUT2D eigenvalue weighted by Gasteiger charge is 2.53. The van der Waals surface area contributed by atoms with Crippen molar-refractivity contribution >= 4 is 16.0 Å². The Labute approximate surface area is 121 Å². The molecule has 1 spiro atoms. The zero-order chi connectivity index (χ0) is 16.3. The Morgan fingerprint density at radius 2 is 1.86 bits per heavy atom. The molecule has 1 saturated carbocycles. The third-order valence-corrected chi connectivity index (χ3v) is 4.48. The SMILES string of the molecule is CS(=O)(=O)NCC1CC12CCNCC2.O=C(O)C(F)(F)F. The summed E-state index contributed by atoms with van der Waals surface area (Å²) in [6.45, 7) is 2.82. The van der Waals surface area contributed by atoms with Gasteiger partial charge in [-0.25, -0.2) is 17.9 Å². The van der Waals surface area contributed by atoms with E-state index in [-0.39, 0.29) is 0 Å². The maximum absolute atomic E-state index is 10.9. The summed E-state index contributed by atoms with van der Waals surface area (Å²) in [5, 5.41) is 10.5. The highest BCUT2D eigenvalue weighted by atomic mass is 32.2. The van der Waals surface area contributed by atoms with Crippen molar-refractivity contribution in [2.75, 3.05) is 25.9 Å². The third-order valence-electron chi connectivity index (χ3n) is 3.79. The van der Waals surface area contributed by atoms with Gasteiger partial charge in [0.25, 0.3) is 0 Å². The number of alkyl halides is 3. The lowest BCUT2D eigenvalue weighted by Crippen LogP contribution is -2.32. The summed E-state index contributed by atoms with van der Waals surface area (Å²) in [6, 6.07) is 0. The second kappa shape index (κ2) is 6.49. The third kappa shape index (κ3) is 6.18. The van der Waals surface area contributed by atoms with Crippen LogP contribution in [0.2, 0.25) is 0 Å². The molecule has 0 aromatic heterocycles. The quantitative estimate of drug-likeness (QED) is 0.702. The Morgan fingerprint density at radius 3 is 2.24 bits per heavy atom. The zero-order valence-corrected chi connectivity index (χ0v) is 12.4. The van der Waals surface area contributed by atoms with E-state index in [1.807, 2.05) is 0 Å². The van der Waals surface area contributed by atoms with E-state index in [0.29, 0.717) is 17.9 Å². The van der Waals surface area contributed by atoms with Crippen LogP contribution < -0.4 is 10.0 Å². The van der Waals surface area contributed by atoms with Crippen molar-refractivity contribution in [1.29, 1.82) is 0 Å². The summed E-state index contributed by atoms with van der Waals surface area (Å²) in [6.07, 6.45) is -0.228. The molecule has 0 aromatic carbocycles. The van der Waals surface area contributed by atoms with Gasteiger partial charge in [0.2, 0.25) is 10.0 Å². The average molecular weight is 332 g/mol. The first-order valence-electron chi connectivity index (χ1n) is 6.42. The maximum Gasteiger partial charge on any atom is 0.490 e. The summed E-state index contributed by atoms with van der Waals surface area (Å²) < 4.78 is 56.2. The average Bonchev–Trinajstić information content (AvgIpc) is 2.99. The molecular weight excluding hydrogens is 313 g/mol. The molecule has 1 saturated heterocycles. The number of carboxylic acids is 1. The van der Waals surface area contributed by atoms with Crippen LogP contribution in [0.5, 0.6) is 0 Å². The van der Waals surface area contributed by atoms with E-state index in [1.165, 1.54) is 25.5 Å². The van der Waals surface area contributed by atoms with Crippen molar-refractivity contribution < 1.29 is 31.5 Å². The van der Waals surface area contributed by atoms with Crippen LogP contribution in [0, 0.1) is 11.3 Å². The Morgan fingerprint density at radius 1 is 1.38 bits per heavy atom. The fourth-order valence-electron chi connectivity index (χ4n) is 2.51. The summed E-state index contributed by atoms with van der Waals surface area (Å²) in [5.74, 6) is -2.17. The van der Waals surface area contributed by atoms with Gasteiger partial charge in [-0.05, 0) is 43.7 Å². The highest BCUT2D eigenvalue weighted by molar-refractivity contribution is 7.88. The number of carbonyl (C=O) groups is 1. The Hall–Kier alpha value is -0.870. The lowest BCUT2D eigenvalue weighted by Gasteiger charge is -2.23. The van der Waals surface area contributed by atoms with E-state index in [0.717, 1.165) is 13.1 Å². The van der Waals surface area contributed by atoms with Gasteiger partial charge in [0.05, 0.1) is 6.26 Å². The van der Waals surface area contributed by atoms with Gasteiger partial charge < -0.3 is 10.4 Å². The number of hydrogen-bond donors (Lipinski definition) is 3. The highest BCUT2D eigenvalue weighted by Crippen LogP contribution is 2.58. The number of piperidine rings is 1. The fourth-order valence-corrected chi connectivity index (χ4v) is 3.01. The predicted molar refractivity (Wildman–Crippen MR) is 69.2 cm³/mol. The first-order chi connectivity index (χ1) is 9.46. The molecule has 0 aromatic rings. The zero-order valence-electron chi connectivity index (χ0n) is 11.5. The summed E-state index contributed by atoms with van der Waals surface area (Å²) >= 11 is 0. The fraction of sp³-hybridized carbons (Fsp3) is 0.909. The molecule has 6 nitrogen and oxygen atoms in total. The smallest absolute Gasteiger partial charge is 0.475 e. The van der Waals surface area contributed by atoms with Gasteiger partial charge in [0, 0.05) is 6.54 Å². The minimum Gasteiger partial charge on any atom is -0.475 e. The van der Waals surface area contributed by atoms with E-state index in [2.05, 4.69) is 10.0 Å². The van der Waals surface area contributed by atoms with Gasteiger partial charge in [-0.2, -0.15) is 13.2 Å². The van der Waals surface area contributed by atoms with Gasteiger partial charge in [-0.15, -0.1) is 0 Å². The number of nitrogens with one attached hydrogen (secondary N) is 2. The summed E-state index contributed by atoms with van der Waals surface area (Å²) in [4.78, 5) is 8.90. The number of aliphatic carboxylic acids is 1. The van der Waals surface area contributed by atoms with Gasteiger partial charge in [0.1, 0.15) is 0 Å². The number of carboxylic acid groups (broad SMARTS) is 1. The van der Waals surface area contributed by atoms with Gasteiger partial charge in [0.15, 0.2) is 0 Å². The molecule has 10 heteroatoms. The molecule has 3 N–H and O–H groups in total.